The van der Waals surface area contributed by atoms with Crippen molar-refractivity contribution in [3.63, 3.8) is 0 Å². The summed E-state index contributed by atoms with van der Waals surface area (Å²) >= 11 is 0. The van der Waals surface area contributed by atoms with Crippen molar-refractivity contribution in [2.75, 3.05) is 6.54 Å². The number of halogens is 1. The molecule has 1 saturated heterocycles. The number of aryl methyl sites for hydroxylation is 1. The number of hydrogen-bond donors (Lipinski definition) is 1. The molecule has 1 heterocycles. The Morgan fingerprint density at radius 1 is 1.31 bits per heavy atom. The lowest BCUT2D eigenvalue weighted by atomic mass is 9.82. The molecule has 1 spiro atoms. The molecule has 1 aliphatic heterocycles. The van der Waals surface area contributed by atoms with Crippen molar-refractivity contribution in [3.8, 4) is 0 Å². The lowest BCUT2D eigenvalue weighted by Crippen LogP contribution is -2.52. The first-order chi connectivity index (χ1) is 6.30. The number of nitrogens with one attached hydrogen (secondary N) is 1. The van der Waals surface area contributed by atoms with Crippen LogP contribution in [-0.4, -0.2) is 6.54 Å². The van der Waals surface area contributed by atoms with E-state index in [0.717, 1.165) is 19.4 Å². The van der Waals surface area contributed by atoms with Crippen molar-refractivity contribution in [1.82, 2.24) is 5.32 Å². The first-order valence-electron chi connectivity index (χ1n) is 4.84. The van der Waals surface area contributed by atoms with E-state index in [1.165, 1.54) is 17.5 Å². The summed E-state index contributed by atoms with van der Waals surface area (Å²) in [5.41, 5.74) is 2.76. The summed E-state index contributed by atoms with van der Waals surface area (Å²) in [6.07, 6.45) is 3.39. The van der Waals surface area contributed by atoms with Crippen molar-refractivity contribution in [3.05, 3.63) is 35.1 Å². The number of fused-ring (bicyclic) bond motifs is 2. The Morgan fingerprint density at radius 2 is 2.15 bits per heavy atom. The summed E-state index contributed by atoms with van der Waals surface area (Å²) < 4.78 is 12.9. The molecule has 0 unspecified atom stereocenters. The quantitative estimate of drug-likeness (QED) is 0.638. The summed E-state index contributed by atoms with van der Waals surface area (Å²) in [6.45, 7) is 1.11. The largest absolute Gasteiger partial charge is 0.307 e. The Labute approximate surface area is 77.0 Å². The lowest BCUT2D eigenvalue weighted by molar-refractivity contribution is 0.210. The molecule has 0 saturated carbocycles. The van der Waals surface area contributed by atoms with E-state index in [9.17, 15) is 4.39 Å². The van der Waals surface area contributed by atoms with E-state index in [0.29, 0.717) is 0 Å². The van der Waals surface area contributed by atoms with Crippen molar-refractivity contribution < 1.29 is 4.39 Å². The van der Waals surface area contributed by atoms with Crippen LogP contribution in [0.15, 0.2) is 18.2 Å². The second kappa shape index (κ2) is 2.32. The van der Waals surface area contributed by atoms with Gasteiger partial charge in [-0.2, -0.15) is 0 Å². The van der Waals surface area contributed by atoms with Gasteiger partial charge < -0.3 is 5.32 Å². The van der Waals surface area contributed by atoms with E-state index < -0.39 is 0 Å². The monoisotopic (exact) mass is 177 g/mol. The Balaban J connectivity index is 2.11. The smallest absolute Gasteiger partial charge is 0.123 e. The second-order valence-electron chi connectivity index (χ2n) is 4.06. The van der Waals surface area contributed by atoms with Crippen LogP contribution in [0.25, 0.3) is 0 Å². The van der Waals surface area contributed by atoms with E-state index in [-0.39, 0.29) is 11.4 Å². The molecule has 68 valence electrons. The summed E-state index contributed by atoms with van der Waals surface area (Å²) in [5, 5.41) is 3.47. The van der Waals surface area contributed by atoms with Crippen LogP contribution in [-0.2, 0) is 12.0 Å². The molecule has 1 N–H and O–H groups in total. The molecular weight excluding hydrogens is 165 g/mol. The zero-order chi connectivity index (χ0) is 8.89. The van der Waals surface area contributed by atoms with Gasteiger partial charge in [-0.15, -0.1) is 0 Å². The molecule has 13 heavy (non-hydrogen) atoms. The molecular formula is C11H12FN. The predicted octanol–water partition coefficient (Wildman–Crippen LogP) is 1.96. The van der Waals surface area contributed by atoms with Gasteiger partial charge in [-0.3, -0.25) is 0 Å². The van der Waals surface area contributed by atoms with Gasteiger partial charge in [0.25, 0.3) is 0 Å². The van der Waals surface area contributed by atoms with Crippen LogP contribution in [0.4, 0.5) is 4.39 Å². The number of hydrogen-bond acceptors (Lipinski definition) is 1. The zero-order valence-electron chi connectivity index (χ0n) is 7.44. The van der Waals surface area contributed by atoms with Crippen molar-refractivity contribution >= 4 is 0 Å². The molecule has 0 amide bonds. The fourth-order valence-electron chi connectivity index (χ4n) is 2.59. The van der Waals surface area contributed by atoms with Crippen LogP contribution < -0.4 is 5.32 Å². The molecule has 0 radical (unpaired) electrons. The highest BCUT2D eigenvalue weighted by molar-refractivity contribution is 5.40. The summed E-state index contributed by atoms with van der Waals surface area (Å²) in [5.74, 6) is -0.102. The highest BCUT2D eigenvalue weighted by Crippen LogP contribution is 2.43. The van der Waals surface area contributed by atoms with E-state index in [2.05, 4.69) is 5.32 Å². The molecule has 1 aromatic rings. The fourth-order valence-corrected chi connectivity index (χ4v) is 2.59. The molecule has 1 nitrogen and oxygen atoms in total. The highest BCUT2D eigenvalue weighted by atomic mass is 19.1. The molecule has 1 atom stereocenters. The van der Waals surface area contributed by atoms with E-state index in [1.807, 2.05) is 6.07 Å². The standard InChI is InChI=1S/C11H12FN/c12-9-1-2-10-8(7-9)3-4-11(10)5-6-13-11/h1-2,7,13H,3-6H2/t11-/m1/s1. The molecule has 0 bridgehead atoms. The Kier molecular flexibility index (Phi) is 1.34. The first-order valence-corrected chi connectivity index (χ1v) is 4.84. The average molecular weight is 177 g/mol. The third-order valence-corrected chi connectivity index (χ3v) is 3.42. The van der Waals surface area contributed by atoms with Gasteiger partial charge in [-0.25, -0.2) is 4.39 Å². The number of benzene rings is 1. The minimum absolute atomic E-state index is 0.102. The molecule has 1 fully saturated rings. The van der Waals surface area contributed by atoms with Gasteiger partial charge in [-0.1, -0.05) is 6.07 Å². The van der Waals surface area contributed by atoms with Crippen LogP contribution in [0.1, 0.15) is 24.0 Å². The van der Waals surface area contributed by atoms with Gasteiger partial charge in [-0.05, 0) is 49.1 Å². The topological polar surface area (TPSA) is 12.0 Å². The van der Waals surface area contributed by atoms with E-state index >= 15 is 0 Å². The molecule has 2 heteroatoms. The number of rotatable bonds is 0. The van der Waals surface area contributed by atoms with Crippen molar-refractivity contribution in [2.24, 2.45) is 0 Å². The van der Waals surface area contributed by atoms with Crippen LogP contribution >= 0.6 is 0 Å². The molecule has 1 aromatic carbocycles. The van der Waals surface area contributed by atoms with Gasteiger partial charge in [0.2, 0.25) is 0 Å². The molecule has 0 aromatic heterocycles. The molecule has 2 aliphatic rings. The van der Waals surface area contributed by atoms with Crippen LogP contribution in [0, 0.1) is 5.82 Å². The van der Waals surface area contributed by atoms with E-state index in [4.69, 9.17) is 0 Å². The predicted molar refractivity (Wildman–Crippen MR) is 49.0 cm³/mol. The zero-order valence-corrected chi connectivity index (χ0v) is 7.44. The third-order valence-electron chi connectivity index (χ3n) is 3.42. The second-order valence-corrected chi connectivity index (χ2v) is 4.06. The van der Waals surface area contributed by atoms with Gasteiger partial charge in [0.05, 0.1) is 0 Å². The van der Waals surface area contributed by atoms with Gasteiger partial charge in [0, 0.05) is 5.54 Å². The molecule has 1 aliphatic carbocycles. The summed E-state index contributed by atoms with van der Waals surface area (Å²) in [4.78, 5) is 0. The van der Waals surface area contributed by atoms with Gasteiger partial charge >= 0.3 is 0 Å². The average Bonchev–Trinajstić information content (AvgIpc) is 2.41. The maximum absolute atomic E-state index is 12.9. The van der Waals surface area contributed by atoms with E-state index in [1.54, 1.807) is 12.1 Å². The third kappa shape index (κ3) is 0.894. The normalized spacial score (nSPS) is 30.2. The van der Waals surface area contributed by atoms with Crippen molar-refractivity contribution in [2.45, 2.75) is 24.8 Å². The van der Waals surface area contributed by atoms with Crippen LogP contribution in [0.5, 0.6) is 0 Å². The Morgan fingerprint density at radius 3 is 2.85 bits per heavy atom. The minimum atomic E-state index is -0.102. The molecule has 3 rings (SSSR count). The van der Waals surface area contributed by atoms with Gasteiger partial charge in [0.15, 0.2) is 0 Å². The van der Waals surface area contributed by atoms with Crippen molar-refractivity contribution in [1.29, 1.82) is 0 Å². The van der Waals surface area contributed by atoms with Gasteiger partial charge in [0.1, 0.15) is 5.82 Å². The highest BCUT2D eigenvalue weighted by Gasteiger charge is 2.42. The first kappa shape index (κ1) is 7.51. The Hall–Kier alpha value is -0.890. The SMILES string of the molecule is Fc1ccc2c(c1)CC[C@@]21CCN1. The van der Waals surface area contributed by atoms with Crippen LogP contribution in [0.2, 0.25) is 0 Å². The maximum Gasteiger partial charge on any atom is 0.123 e. The maximum atomic E-state index is 12.9. The summed E-state index contributed by atoms with van der Waals surface area (Å²) in [6, 6.07) is 5.21. The minimum Gasteiger partial charge on any atom is -0.307 e. The van der Waals surface area contributed by atoms with Crippen LogP contribution in [0.3, 0.4) is 0 Å². The Bertz CT molecular complexity index is 355. The fraction of sp³-hybridized carbons (Fsp3) is 0.455. The summed E-state index contributed by atoms with van der Waals surface area (Å²) in [7, 11) is 0. The lowest BCUT2D eigenvalue weighted by Gasteiger charge is -2.41.